The summed E-state index contributed by atoms with van der Waals surface area (Å²) in [5.41, 5.74) is 1.93. The summed E-state index contributed by atoms with van der Waals surface area (Å²) in [5, 5.41) is 10.1. The Morgan fingerprint density at radius 1 is 1.20 bits per heavy atom. The van der Waals surface area contributed by atoms with Crippen molar-refractivity contribution in [2.24, 2.45) is 5.92 Å². The minimum Gasteiger partial charge on any atom is -0.387 e. The number of hydrogen-bond donors (Lipinski definition) is 1. The number of halogens is 3. The van der Waals surface area contributed by atoms with Gasteiger partial charge in [-0.3, -0.25) is 0 Å². The van der Waals surface area contributed by atoms with Crippen molar-refractivity contribution in [3.63, 3.8) is 0 Å². The van der Waals surface area contributed by atoms with Gasteiger partial charge in [-0.05, 0) is 38.4 Å². The largest absolute Gasteiger partial charge is 0.391 e. The smallest absolute Gasteiger partial charge is 0.387 e. The molecule has 0 spiro atoms. The Labute approximate surface area is 117 Å². The molecule has 112 valence electrons. The number of aliphatic hydroxyl groups is 1. The van der Waals surface area contributed by atoms with Gasteiger partial charge in [0.05, 0.1) is 12.0 Å². The Hall–Kier alpha value is -1.07. The average molecular weight is 287 g/mol. The molecule has 0 amide bonds. The van der Waals surface area contributed by atoms with Crippen molar-refractivity contribution in [3.05, 3.63) is 35.4 Å². The normalized spacial score (nSPS) is 20.1. The van der Waals surface area contributed by atoms with Gasteiger partial charge < -0.3 is 10.0 Å². The first-order valence-electron chi connectivity index (χ1n) is 6.90. The molecule has 1 aliphatic heterocycles. The van der Waals surface area contributed by atoms with Gasteiger partial charge in [-0.15, -0.1) is 0 Å². The Balaban J connectivity index is 1.85. The molecule has 1 atom stereocenters. The Morgan fingerprint density at radius 2 is 1.75 bits per heavy atom. The summed E-state index contributed by atoms with van der Waals surface area (Å²) in [4.78, 5) is 1.91. The van der Waals surface area contributed by atoms with Crippen molar-refractivity contribution >= 4 is 0 Å². The lowest BCUT2D eigenvalue weighted by atomic mass is 9.95. The van der Waals surface area contributed by atoms with E-state index >= 15 is 0 Å². The summed E-state index contributed by atoms with van der Waals surface area (Å²) in [6.07, 6.45) is -4.46. The van der Waals surface area contributed by atoms with Gasteiger partial charge in [-0.1, -0.05) is 29.8 Å². The van der Waals surface area contributed by atoms with Crippen molar-refractivity contribution < 1.29 is 18.3 Å². The number of benzene rings is 1. The first-order chi connectivity index (χ1) is 9.36. The van der Waals surface area contributed by atoms with Crippen LogP contribution in [-0.4, -0.2) is 35.8 Å². The number of piperidine rings is 1. The fourth-order valence-electron chi connectivity index (χ4n) is 2.58. The zero-order valence-corrected chi connectivity index (χ0v) is 11.5. The van der Waals surface area contributed by atoms with E-state index in [1.807, 2.05) is 36.1 Å². The van der Waals surface area contributed by atoms with E-state index in [-0.39, 0.29) is 12.8 Å². The van der Waals surface area contributed by atoms with Crippen LogP contribution in [0.15, 0.2) is 24.3 Å². The van der Waals surface area contributed by atoms with Crippen molar-refractivity contribution in [2.45, 2.75) is 32.0 Å². The van der Waals surface area contributed by atoms with Crippen molar-refractivity contribution in [1.29, 1.82) is 0 Å². The van der Waals surface area contributed by atoms with Crippen molar-refractivity contribution in [1.82, 2.24) is 4.90 Å². The number of aryl methyl sites for hydroxylation is 1. The van der Waals surface area contributed by atoms with Gasteiger partial charge in [0.25, 0.3) is 0 Å². The molecule has 1 aromatic rings. The van der Waals surface area contributed by atoms with Crippen LogP contribution in [0.3, 0.4) is 0 Å². The van der Waals surface area contributed by atoms with Crippen LogP contribution >= 0.6 is 0 Å². The molecule has 1 aromatic carbocycles. The molecule has 1 heterocycles. The highest BCUT2D eigenvalue weighted by Gasteiger charge is 2.41. The Bertz CT molecular complexity index is 422. The summed E-state index contributed by atoms with van der Waals surface area (Å²) in [6.45, 7) is 3.16. The zero-order chi connectivity index (χ0) is 14.8. The van der Waals surface area contributed by atoms with E-state index in [9.17, 15) is 18.3 Å². The third-order valence-corrected chi connectivity index (χ3v) is 3.94. The zero-order valence-electron chi connectivity index (χ0n) is 11.5. The standard InChI is InChI=1S/C15H20F3NO/c1-11-2-4-12(5-3-11)14(20)10-19-8-6-13(7-9-19)15(16,17)18/h2-5,13-14,20H,6-10H2,1H3. The lowest BCUT2D eigenvalue weighted by Gasteiger charge is -2.34. The predicted molar refractivity (Wildman–Crippen MR) is 71.4 cm³/mol. The molecule has 0 aliphatic carbocycles. The summed E-state index contributed by atoms with van der Waals surface area (Å²) in [6, 6.07) is 7.58. The molecular formula is C15H20F3NO. The van der Waals surface area contributed by atoms with Crippen LogP contribution in [-0.2, 0) is 0 Å². The van der Waals surface area contributed by atoms with Crippen LogP contribution in [0, 0.1) is 12.8 Å². The number of likely N-dealkylation sites (tertiary alicyclic amines) is 1. The highest BCUT2D eigenvalue weighted by Crippen LogP contribution is 2.34. The molecule has 1 fully saturated rings. The minimum atomic E-state index is -4.08. The molecule has 2 nitrogen and oxygen atoms in total. The maximum atomic E-state index is 12.6. The van der Waals surface area contributed by atoms with E-state index in [1.165, 1.54) is 0 Å². The van der Waals surface area contributed by atoms with Crippen LogP contribution in [0.25, 0.3) is 0 Å². The second-order valence-corrected chi connectivity index (χ2v) is 5.54. The van der Waals surface area contributed by atoms with Gasteiger partial charge in [0.15, 0.2) is 0 Å². The summed E-state index contributed by atoms with van der Waals surface area (Å²) < 4.78 is 37.7. The third-order valence-electron chi connectivity index (χ3n) is 3.94. The Kier molecular flexibility index (Phi) is 4.70. The fourth-order valence-corrected chi connectivity index (χ4v) is 2.58. The molecule has 0 aromatic heterocycles. The molecule has 1 aliphatic rings. The highest BCUT2D eigenvalue weighted by atomic mass is 19.4. The second-order valence-electron chi connectivity index (χ2n) is 5.54. The lowest BCUT2D eigenvalue weighted by Crippen LogP contribution is -2.40. The molecule has 2 rings (SSSR count). The van der Waals surface area contributed by atoms with E-state index in [0.29, 0.717) is 19.6 Å². The number of β-amino-alcohol motifs (C(OH)–C–C–N with tert-alkyl or cyclic N) is 1. The monoisotopic (exact) mass is 287 g/mol. The van der Waals surface area contributed by atoms with Crippen molar-refractivity contribution in [2.75, 3.05) is 19.6 Å². The van der Waals surface area contributed by atoms with Crippen LogP contribution in [0.2, 0.25) is 0 Å². The molecule has 0 saturated carbocycles. The third kappa shape index (κ3) is 3.96. The fraction of sp³-hybridized carbons (Fsp3) is 0.600. The number of aliphatic hydroxyl groups excluding tert-OH is 1. The quantitative estimate of drug-likeness (QED) is 0.922. The van der Waals surface area contributed by atoms with E-state index < -0.39 is 18.2 Å². The van der Waals surface area contributed by atoms with Gasteiger partial charge in [0.1, 0.15) is 0 Å². The number of nitrogens with zero attached hydrogens (tertiary/aromatic N) is 1. The van der Waals surface area contributed by atoms with Gasteiger partial charge in [0.2, 0.25) is 0 Å². The van der Waals surface area contributed by atoms with E-state index in [0.717, 1.165) is 11.1 Å². The average Bonchev–Trinajstić information content (AvgIpc) is 2.39. The van der Waals surface area contributed by atoms with Crippen LogP contribution in [0.1, 0.15) is 30.1 Å². The Morgan fingerprint density at radius 3 is 2.25 bits per heavy atom. The first-order valence-corrected chi connectivity index (χ1v) is 6.90. The lowest BCUT2D eigenvalue weighted by molar-refractivity contribution is -0.185. The maximum absolute atomic E-state index is 12.6. The van der Waals surface area contributed by atoms with Crippen LogP contribution in [0.4, 0.5) is 13.2 Å². The van der Waals surface area contributed by atoms with Gasteiger partial charge in [0, 0.05) is 6.54 Å². The summed E-state index contributed by atoms with van der Waals surface area (Å²) in [5.74, 6) is -1.18. The number of alkyl halides is 3. The SMILES string of the molecule is Cc1ccc(C(O)CN2CCC(C(F)(F)F)CC2)cc1. The molecule has 1 unspecified atom stereocenters. The molecule has 20 heavy (non-hydrogen) atoms. The molecule has 1 N–H and O–H groups in total. The molecular weight excluding hydrogens is 267 g/mol. The molecule has 0 radical (unpaired) electrons. The minimum absolute atomic E-state index is 0.129. The topological polar surface area (TPSA) is 23.5 Å². The summed E-state index contributed by atoms with van der Waals surface area (Å²) >= 11 is 0. The van der Waals surface area contributed by atoms with Gasteiger partial charge in [-0.25, -0.2) is 0 Å². The summed E-state index contributed by atoms with van der Waals surface area (Å²) in [7, 11) is 0. The molecule has 1 saturated heterocycles. The van der Waals surface area contributed by atoms with E-state index in [2.05, 4.69) is 0 Å². The van der Waals surface area contributed by atoms with E-state index in [4.69, 9.17) is 0 Å². The van der Waals surface area contributed by atoms with E-state index in [1.54, 1.807) is 0 Å². The van der Waals surface area contributed by atoms with Crippen LogP contribution < -0.4 is 0 Å². The van der Waals surface area contributed by atoms with Gasteiger partial charge >= 0.3 is 6.18 Å². The first kappa shape index (κ1) is 15.3. The second kappa shape index (κ2) is 6.14. The predicted octanol–water partition coefficient (Wildman–Crippen LogP) is 3.30. The highest BCUT2D eigenvalue weighted by molar-refractivity contribution is 5.23. The maximum Gasteiger partial charge on any atom is 0.391 e. The molecule has 5 heteroatoms. The van der Waals surface area contributed by atoms with Crippen LogP contribution in [0.5, 0.6) is 0 Å². The van der Waals surface area contributed by atoms with Crippen molar-refractivity contribution in [3.8, 4) is 0 Å². The molecule has 0 bridgehead atoms. The number of hydrogen-bond acceptors (Lipinski definition) is 2. The van der Waals surface area contributed by atoms with Gasteiger partial charge in [-0.2, -0.15) is 13.2 Å². The number of rotatable bonds is 3.